The summed E-state index contributed by atoms with van der Waals surface area (Å²) in [6.45, 7) is 11.4. The molecule has 0 fully saturated rings. The third-order valence-electron chi connectivity index (χ3n) is 3.36. The van der Waals surface area contributed by atoms with Crippen LogP contribution in [-0.2, 0) is 16.0 Å². The van der Waals surface area contributed by atoms with E-state index in [4.69, 9.17) is 4.74 Å². The predicted molar refractivity (Wildman–Crippen MR) is 84.6 cm³/mol. The van der Waals surface area contributed by atoms with Crippen molar-refractivity contribution in [1.82, 2.24) is 15.1 Å². The third kappa shape index (κ3) is 4.58. The first-order chi connectivity index (χ1) is 10.3. The van der Waals surface area contributed by atoms with Gasteiger partial charge in [0.25, 0.3) is 5.91 Å². The Labute approximate surface area is 132 Å². The molecule has 0 aliphatic carbocycles. The van der Waals surface area contributed by atoms with Crippen molar-refractivity contribution in [3.8, 4) is 0 Å². The van der Waals surface area contributed by atoms with Gasteiger partial charge >= 0.3 is 5.97 Å². The molecule has 0 saturated carbocycles. The van der Waals surface area contributed by atoms with Crippen LogP contribution in [0.15, 0.2) is 6.07 Å². The Morgan fingerprint density at radius 1 is 1.23 bits per heavy atom. The van der Waals surface area contributed by atoms with Gasteiger partial charge in [0.15, 0.2) is 11.8 Å². The van der Waals surface area contributed by atoms with Gasteiger partial charge in [0, 0.05) is 17.8 Å². The minimum atomic E-state index is -0.830. The van der Waals surface area contributed by atoms with Crippen LogP contribution in [0.1, 0.15) is 64.1 Å². The molecule has 0 bridgehead atoms. The summed E-state index contributed by atoms with van der Waals surface area (Å²) in [7, 11) is 0. The van der Waals surface area contributed by atoms with Gasteiger partial charge < -0.3 is 9.64 Å². The lowest BCUT2D eigenvalue weighted by Gasteiger charge is -2.32. The van der Waals surface area contributed by atoms with Gasteiger partial charge in [-0.1, -0.05) is 13.3 Å². The smallest absolute Gasteiger partial charge is 0.359 e. The minimum absolute atomic E-state index is 0.0511. The van der Waals surface area contributed by atoms with Gasteiger partial charge in [-0.3, -0.25) is 9.89 Å². The number of aryl methyl sites for hydroxylation is 1. The molecule has 1 rings (SSSR count). The molecule has 1 unspecified atom stereocenters. The van der Waals surface area contributed by atoms with Gasteiger partial charge in [-0.15, -0.1) is 0 Å². The molecule has 6 heteroatoms. The van der Waals surface area contributed by atoms with Gasteiger partial charge in [-0.05, 0) is 47.1 Å². The number of esters is 1. The minimum Gasteiger partial charge on any atom is -0.448 e. The van der Waals surface area contributed by atoms with E-state index in [0.29, 0.717) is 0 Å². The van der Waals surface area contributed by atoms with E-state index in [1.807, 2.05) is 34.6 Å². The lowest BCUT2D eigenvalue weighted by atomic mass is 10.2. The number of carbonyl (C=O) groups excluding carboxylic acids is 2. The number of rotatable bonds is 7. The molecule has 0 spiro atoms. The Morgan fingerprint density at radius 3 is 2.32 bits per heavy atom. The summed E-state index contributed by atoms with van der Waals surface area (Å²) in [4.78, 5) is 26.2. The van der Waals surface area contributed by atoms with Crippen LogP contribution >= 0.6 is 0 Å². The van der Waals surface area contributed by atoms with Gasteiger partial charge in [-0.25, -0.2) is 4.79 Å². The van der Waals surface area contributed by atoms with Crippen LogP contribution in [0.3, 0.4) is 0 Å². The first kappa shape index (κ1) is 18.2. The zero-order valence-corrected chi connectivity index (χ0v) is 14.3. The highest BCUT2D eigenvalue weighted by Gasteiger charge is 2.28. The maximum atomic E-state index is 12.4. The molecule has 1 heterocycles. The van der Waals surface area contributed by atoms with E-state index in [0.717, 1.165) is 18.5 Å². The molecule has 1 N–H and O–H groups in total. The maximum absolute atomic E-state index is 12.4. The van der Waals surface area contributed by atoms with Crippen LogP contribution in [0.25, 0.3) is 0 Å². The van der Waals surface area contributed by atoms with Crippen molar-refractivity contribution in [2.24, 2.45) is 0 Å². The number of ether oxygens (including phenoxy) is 1. The summed E-state index contributed by atoms with van der Waals surface area (Å²) in [6.07, 6.45) is 0.954. The normalized spacial score (nSPS) is 12.5. The molecular weight excluding hydrogens is 282 g/mol. The molecule has 124 valence electrons. The lowest BCUT2D eigenvalue weighted by molar-refractivity contribution is -0.143. The average Bonchev–Trinajstić information content (AvgIpc) is 2.86. The highest BCUT2D eigenvalue weighted by atomic mass is 16.5. The number of amides is 1. The number of aromatic amines is 1. The summed E-state index contributed by atoms with van der Waals surface area (Å²) in [5, 5.41) is 6.74. The molecule has 22 heavy (non-hydrogen) atoms. The second-order valence-electron chi connectivity index (χ2n) is 6.01. The maximum Gasteiger partial charge on any atom is 0.359 e. The number of hydrogen-bond donors (Lipinski definition) is 1. The number of nitrogens with zero attached hydrogens (tertiary/aromatic N) is 2. The molecule has 1 atom stereocenters. The Hall–Kier alpha value is -1.85. The first-order valence-corrected chi connectivity index (χ1v) is 7.85. The molecule has 0 aliphatic heterocycles. The standard InChI is InChI=1S/C16H27N3O3/c1-7-8-13-9-14(18-17-13)16(21)22-12(6)15(20)19(10(2)3)11(4)5/h9-12H,7-8H2,1-6H3,(H,17,18). The zero-order chi connectivity index (χ0) is 16.9. The molecule has 0 saturated heterocycles. The largest absolute Gasteiger partial charge is 0.448 e. The van der Waals surface area contributed by atoms with Gasteiger partial charge in [0.1, 0.15) is 0 Å². The van der Waals surface area contributed by atoms with Crippen molar-refractivity contribution in [2.45, 2.75) is 72.6 Å². The average molecular weight is 309 g/mol. The fourth-order valence-electron chi connectivity index (χ4n) is 2.45. The van der Waals surface area contributed by atoms with Crippen molar-refractivity contribution in [1.29, 1.82) is 0 Å². The highest BCUT2D eigenvalue weighted by molar-refractivity contribution is 5.90. The van der Waals surface area contributed by atoms with Crippen molar-refractivity contribution in [3.05, 3.63) is 17.5 Å². The Bertz CT molecular complexity index is 500. The first-order valence-electron chi connectivity index (χ1n) is 7.85. The number of hydrogen-bond acceptors (Lipinski definition) is 4. The van der Waals surface area contributed by atoms with E-state index >= 15 is 0 Å². The monoisotopic (exact) mass is 309 g/mol. The van der Waals surface area contributed by atoms with Gasteiger partial charge in [0.2, 0.25) is 0 Å². The number of nitrogens with one attached hydrogen (secondary N) is 1. The van der Waals surface area contributed by atoms with Crippen LogP contribution in [0.5, 0.6) is 0 Å². The Morgan fingerprint density at radius 2 is 1.82 bits per heavy atom. The van der Waals surface area contributed by atoms with Crippen molar-refractivity contribution in [3.63, 3.8) is 0 Å². The Kier molecular flexibility index (Phi) is 6.59. The molecular formula is C16H27N3O3. The number of carbonyl (C=O) groups is 2. The fraction of sp³-hybridized carbons (Fsp3) is 0.688. The van der Waals surface area contributed by atoms with E-state index < -0.39 is 12.1 Å². The SMILES string of the molecule is CCCc1cc(C(=O)OC(C)C(=O)N(C(C)C)C(C)C)n[nH]1. The second-order valence-corrected chi connectivity index (χ2v) is 6.01. The molecule has 0 radical (unpaired) electrons. The van der Waals surface area contributed by atoms with Crippen LogP contribution in [0, 0.1) is 0 Å². The fourth-order valence-corrected chi connectivity index (χ4v) is 2.45. The van der Waals surface area contributed by atoms with Crippen LogP contribution in [-0.4, -0.2) is 45.2 Å². The molecule has 1 aromatic rings. The van der Waals surface area contributed by atoms with E-state index in [2.05, 4.69) is 10.2 Å². The summed E-state index contributed by atoms with van der Waals surface area (Å²) < 4.78 is 5.26. The number of H-pyrrole nitrogens is 1. The number of aromatic nitrogens is 2. The molecule has 0 aromatic carbocycles. The Balaban J connectivity index is 2.71. The summed E-state index contributed by atoms with van der Waals surface area (Å²) in [5.74, 6) is -0.769. The lowest BCUT2D eigenvalue weighted by Crippen LogP contribution is -2.47. The predicted octanol–water partition coefficient (Wildman–Crippen LogP) is 2.55. The van der Waals surface area contributed by atoms with Crippen LogP contribution in [0.4, 0.5) is 0 Å². The van der Waals surface area contributed by atoms with Crippen LogP contribution < -0.4 is 0 Å². The van der Waals surface area contributed by atoms with Gasteiger partial charge in [0.05, 0.1) is 0 Å². The quantitative estimate of drug-likeness (QED) is 0.785. The molecule has 1 aromatic heterocycles. The second kappa shape index (κ2) is 7.96. The summed E-state index contributed by atoms with van der Waals surface area (Å²) in [5.41, 5.74) is 1.10. The van der Waals surface area contributed by atoms with Crippen LogP contribution in [0.2, 0.25) is 0 Å². The third-order valence-corrected chi connectivity index (χ3v) is 3.36. The zero-order valence-electron chi connectivity index (χ0n) is 14.3. The van der Waals surface area contributed by atoms with E-state index in [-0.39, 0.29) is 23.7 Å². The van der Waals surface area contributed by atoms with E-state index in [1.54, 1.807) is 17.9 Å². The summed E-state index contributed by atoms with van der Waals surface area (Å²) >= 11 is 0. The van der Waals surface area contributed by atoms with Gasteiger partial charge in [-0.2, -0.15) is 5.10 Å². The van der Waals surface area contributed by atoms with Crippen molar-refractivity contribution < 1.29 is 14.3 Å². The topological polar surface area (TPSA) is 75.3 Å². The van der Waals surface area contributed by atoms with Crippen molar-refractivity contribution >= 4 is 11.9 Å². The van der Waals surface area contributed by atoms with Crippen molar-refractivity contribution in [2.75, 3.05) is 0 Å². The molecule has 0 aliphatic rings. The van der Waals surface area contributed by atoms with E-state index in [1.165, 1.54) is 0 Å². The molecule has 6 nitrogen and oxygen atoms in total. The van der Waals surface area contributed by atoms with E-state index in [9.17, 15) is 9.59 Å². The highest BCUT2D eigenvalue weighted by Crippen LogP contribution is 2.11. The molecule has 1 amide bonds. The summed E-state index contributed by atoms with van der Waals surface area (Å²) in [6, 6.07) is 1.77.